The fraction of sp³-hybridized carbons (Fsp3) is 0.667. The van der Waals surface area contributed by atoms with E-state index in [0.29, 0.717) is 11.4 Å². The molecule has 0 unspecified atom stereocenters. The lowest BCUT2D eigenvalue weighted by Gasteiger charge is -2.22. The first-order valence-electron chi connectivity index (χ1n) is 5.77. The van der Waals surface area contributed by atoms with E-state index in [1.807, 2.05) is 0 Å². The number of anilines is 1. The Balaban J connectivity index is 1.98. The first kappa shape index (κ1) is 14.3. The molecular weight excluding hydrogens is 292 g/mol. The molecule has 1 fully saturated rings. The monoisotopic (exact) mass is 308 g/mol. The summed E-state index contributed by atoms with van der Waals surface area (Å²) in [4.78, 5) is 0. The van der Waals surface area contributed by atoms with Gasteiger partial charge in [0.2, 0.25) is 10.0 Å². The second-order valence-corrected chi connectivity index (χ2v) is 8.88. The van der Waals surface area contributed by atoms with Crippen molar-refractivity contribution in [2.75, 3.05) is 17.2 Å². The van der Waals surface area contributed by atoms with Crippen LogP contribution >= 0.6 is 0 Å². The lowest BCUT2D eigenvalue weighted by Crippen LogP contribution is -2.39. The van der Waals surface area contributed by atoms with Crippen LogP contribution in [0.2, 0.25) is 0 Å². The van der Waals surface area contributed by atoms with Gasteiger partial charge in [-0.15, -0.1) is 0 Å². The van der Waals surface area contributed by atoms with Crippen LogP contribution in [0.4, 0.5) is 5.82 Å². The van der Waals surface area contributed by atoms with Crippen molar-refractivity contribution < 1.29 is 16.8 Å². The van der Waals surface area contributed by atoms with E-state index < -0.39 is 25.1 Å². The van der Waals surface area contributed by atoms with Crippen LogP contribution in [-0.4, -0.2) is 43.8 Å². The SMILES string of the molecule is Nc1[nH]ncc1CNS(=O)(=O)C1CCS(=O)(=O)CC1. The van der Waals surface area contributed by atoms with E-state index in [9.17, 15) is 16.8 Å². The Morgan fingerprint density at radius 1 is 1.42 bits per heavy atom. The molecule has 8 nitrogen and oxygen atoms in total. The zero-order chi connectivity index (χ0) is 14.1. The number of nitrogen functional groups attached to an aromatic ring is 1. The molecule has 2 heterocycles. The topological polar surface area (TPSA) is 135 Å². The summed E-state index contributed by atoms with van der Waals surface area (Å²) in [5.74, 6) is 0.160. The Morgan fingerprint density at radius 3 is 2.58 bits per heavy atom. The van der Waals surface area contributed by atoms with Crippen LogP contribution < -0.4 is 10.5 Å². The van der Waals surface area contributed by atoms with Gasteiger partial charge in [-0.3, -0.25) is 5.10 Å². The highest BCUT2D eigenvalue weighted by atomic mass is 32.2. The van der Waals surface area contributed by atoms with Crippen molar-refractivity contribution >= 4 is 25.7 Å². The summed E-state index contributed by atoms with van der Waals surface area (Å²) in [6.07, 6.45) is 1.72. The molecular formula is C9H16N4O4S2. The molecule has 1 aromatic rings. The molecule has 0 amide bonds. The quantitative estimate of drug-likeness (QED) is 0.652. The Bertz CT molecular complexity index is 636. The zero-order valence-corrected chi connectivity index (χ0v) is 11.8. The van der Waals surface area contributed by atoms with Crippen molar-refractivity contribution in [3.8, 4) is 0 Å². The summed E-state index contributed by atoms with van der Waals surface area (Å²) in [5, 5.41) is 5.54. The molecule has 108 valence electrons. The molecule has 0 aromatic carbocycles. The van der Waals surface area contributed by atoms with Gasteiger partial charge in [-0.25, -0.2) is 21.6 Å². The van der Waals surface area contributed by atoms with Gasteiger partial charge in [-0.1, -0.05) is 0 Å². The second-order valence-electron chi connectivity index (χ2n) is 4.53. The molecule has 19 heavy (non-hydrogen) atoms. The smallest absolute Gasteiger partial charge is 0.214 e. The van der Waals surface area contributed by atoms with E-state index in [4.69, 9.17) is 5.73 Å². The summed E-state index contributed by atoms with van der Waals surface area (Å²) in [5.41, 5.74) is 6.11. The van der Waals surface area contributed by atoms with E-state index in [0.717, 1.165) is 0 Å². The molecule has 10 heteroatoms. The average molecular weight is 308 g/mol. The van der Waals surface area contributed by atoms with Crippen LogP contribution in [0.1, 0.15) is 18.4 Å². The van der Waals surface area contributed by atoms with Gasteiger partial charge in [0.15, 0.2) is 0 Å². The molecule has 1 aliphatic heterocycles. The van der Waals surface area contributed by atoms with Crippen LogP contribution in [0.5, 0.6) is 0 Å². The third-order valence-corrected chi connectivity index (χ3v) is 6.77. The Kier molecular flexibility index (Phi) is 3.83. The molecule has 1 saturated heterocycles. The number of H-pyrrole nitrogens is 1. The Hall–Kier alpha value is -1.13. The Morgan fingerprint density at radius 2 is 2.05 bits per heavy atom. The molecule has 0 atom stereocenters. The van der Waals surface area contributed by atoms with Crippen molar-refractivity contribution in [3.63, 3.8) is 0 Å². The molecule has 0 radical (unpaired) electrons. The molecule has 0 spiro atoms. The highest BCUT2D eigenvalue weighted by Gasteiger charge is 2.32. The van der Waals surface area contributed by atoms with E-state index >= 15 is 0 Å². The van der Waals surface area contributed by atoms with Crippen LogP contribution in [-0.2, 0) is 26.4 Å². The van der Waals surface area contributed by atoms with Crippen LogP contribution in [0, 0.1) is 0 Å². The number of aromatic amines is 1. The minimum Gasteiger partial charge on any atom is -0.384 e. The molecule has 0 bridgehead atoms. The van der Waals surface area contributed by atoms with Gasteiger partial charge < -0.3 is 5.73 Å². The number of nitrogens with zero attached hydrogens (tertiary/aromatic N) is 1. The third kappa shape index (κ3) is 3.45. The standard InChI is InChI=1S/C9H16N4O4S2/c10-9-7(5-11-13-9)6-12-19(16,17)8-1-3-18(14,15)4-2-8/h5,8,12H,1-4,6H2,(H3,10,11,13). The highest BCUT2D eigenvalue weighted by molar-refractivity contribution is 7.92. The number of rotatable bonds is 4. The fourth-order valence-corrected chi connectivity index (χ4v) is 5.18. The second kappa shape index (κ2) is 5.10. The van der Waals surface area contributed by atoms with Gasteiger partial charge in [-0.05, 0) is 12.8 Å². The molecule has 0 aliphatic carbocycles. The molecule has 1 aliphatic rings. The number of nitrogens with two attached hydrogens (primary N) is 1. The first-order chi connectivity index (χ1) is 8.80. The Labute approximate surface area is 111 Å². The maximum atomic E-state index is 12.0. The minimum atomic E-state index is -3.54. The lowest BCUT2D eigenvalue weighted by molar-refractivity contribution is 0.542. The summed E-state index contributed by atoms with van der Waals surface area (Å²) >= 11 is 0. The van der Waals surface area contributed by atoms with Crippen LogP contribution in [0.25, 0.3) is 0 Å². The minimum absolute atomic E-state index is 0.0495. The number of hydrogen-bond acceptors (Lipinski definition) is 6. The van der Waals surface area contributed by atoms with Gasteiger partial charge in [-0.2, -0.15) is 5.10 Å². The fourth-order valence-electron chi connectivity index (χ4n) is 1.94. The van der Waals surface area contributed by atoms with Crippen molar-refractivity contribution in [3.05, 3.63) is 11.8 Å². The largest absolute Gasteiger partial charge is 0.384 e. The number of hydrogen-bond donors (Lipinski definition) is 3. The average Bonchev–Trinajstić information content (AvgIpc) is 2.72. The highest BCUT2D eigenvalue weighted by Crippen LogP contribution is 2.19. The van der Waals surface area contributed by atoms with Crippen molar-refractivity contribution in [1.29, 1.82) is 0 Å². The van der Waals surface area contributed by atoms with E-state index in [-0.39, 0.29) is 30.9 Å². The van der Waals surface area contributed by atoms with Gasteiger partial charge >= 0.3 is 0 Å². The van der Waals surface area contributed by atoms with Crippen LogP contribution in [0.3, 0.4) is 0 Å². The number of sulfone groups is 1. The van der Waals surface area contributed by atoms with E-state index in [2.05, 4.69) is 14.9 Å². The van der Waals surface area contributed by atoms with E-state index in [1.54, 1.807) is 0 Å². The first-order valence-corrected chi connectivity index (χ1v) is 9.13. The molecule has 2 rings (SSSR count). The predicted molar refractivity (Wildman–Crippen MR) is 70.4 cm³/mol. The third-order valence-electron chi connectivity index (χ3n) is 3.16. The van der Waals surface area contributed by atoms with Crippen LogP contribution in [0.15, 0.2) is 6.20 Å². The summed E-state index contributed by atoms with van der Waals surface area (Å²) in [7, 11) is -6.61. The maximum absolute atomic E-state index is 12.0. The van der Waals surface area contributed by atoms with E-state index in [1.165, 1.54) is 6.20 Å². The lowest BCUT2D eigenvalue weighted by atomic mass is 10.2. The predicted octanol–water partition coefficient (Wildman–Crippen LogP) is -1.01. The summed E-state index contributed by atoms with van der Waals surface area (Å²) in [6.45, 7) is 0.0495. The molecule has 1 aromatic heterocycles. The summed E-state index contributed by atoms with van der Waals surface area (Å²) in [6, 6.07) is 0. The zero-order valence-electron chi connectivity index (χ0n) is 10.2. The van der Waals surface area contributed by atoms with Crippen molar-refractivity contribution in [2.24, 2.45) is 0 Å². The normalized spacial score (nSPS) is 20.4. The van der Waals surface area contributed by atoms with Gasteiger partial charge in [0.1, 0.15) is 15.7 Å². The van der Waals surface area contributed by atoms with Gasteiger partial charge in [0.05, 0.1) is 23.0 Å². The van der Waals surface area contributed by atoms with Crippen molar-refractivity contribution in [2.45, 2.75) is 24.6 Å². The summed E-state index contributed by atoms with van der Waals surface area (Å²) < 4.78 is 49.0. The van der Waals surface area contributed by atoms with Gasteiger partial charge in [0, 0.05) is 12.1 Å². The van der Waals surface area contributed by atoms with Gasteiger partial charge in [0.25, 0.3) is 0 Å². The number of nitrogens with one attached hydrogen (secondary N) is 2. The maximum Gasteiger partial charge on any atom is 0.214 e. The molecule has 4 N–H and O–H groups in total. The number of aromatic nitrogens is 2. The number of sulfonamides is 1. The molecule has 0 saturated carbocycles. The van der Waals surface area contributed by atoms with Crippen molar-refractivity contribution in [1.82, 2.24) is 14.9 Å².